The first-order chi connectivity index (χ1) is 20.2. The largest absolute Gasteiger partial charge is 0.366 e. The third-order valence-electron chi connectivity index (χ3n) is 5.93. The topological polar surface area (TPSA) is 130 Å². The van der Waals surface area contributed by atoms with Gasteiger partial charge < -0.3 is 21.7 Å². The minimum Gasteiger partial charge on any atom is -0.366 e. The zero-order valence-electron chi connectivity index (χ0n) is 22.5. The van der Waals surface area contributed by atoms with Gasteiger partial charge in [0.05, 0.1) is 16.5 Å². The average molecular weight is 583 g/mol. The maximum absolute atomic E-state index is 13.4. The molecular weight excluding hydrogens is 555 g/mol. The number of benzene rings is 4. The molecule has 0 fully saturated rings. The predicted octanol–water partition coefficient (Wildman–Crippen LogP) is 5.45. The average Bonchev–Trinajstić information content (AvgIpc) is 2.98. The molecule has 4 aromatic carbocycles. The van der Waals surface area contributed by atoms with Crippen LogP contribution in [0.4, 0.5) is 15.8 Å². The number of nitrogens with two attached hydrogens (primary N) is 1. The molecule has 0 heterocycles. The molecule has 0 aliphatic heterocycles. The van der Waals surface area contributed by atoms with Gasteiger partial charge in [-0.15, -0.1) is 11.8 Å². The van der Waals surface area contributed by atoms with Gasteiger partial charge in [-0.3, -0.25) is 19.2 Å². The monoisotopic (exact) mass is 582 g/mol. The van der Waals surface area contributed by atoms with E-state index in [-0.39, 0.29) is 17.2 Å². The summed E-state index contributed by atoms with van der Waals surface area (Å²) in [5.74, 6) is -2.50. The van der Waals surface area contributed by atoms with E-state index in [1.807, 2.05) is 0 Å². The molecule has 0 bridgehead atoms. The number of hydrogen-bond acceptors (Lipinski definition) is 5. The van der Waals surface area contributed by atoms with Gasteiger partial charge in [-0.05, 0) is 73.2 Å². The fourth-order valence-corrected chi connectivity index (χ4v) is 4.74. The van der Waals surface area contributed by atoms with Crippen molar-refractivity contribution in [2.24, 2.45) is 5.73 Å². The van der Waals surface area contributed by atoms with Crippen LogP contribution in [0, 0.1) is 5.82 Å². The number of hydrogen-bond donors (Lipinski definition) is 4. The van der Waals surface area contributed by atoms with E-state index in [2.05, 4.69) is 16.0 Å². The highest BCUT2D eigenvalue weighted by atomic mass is 32.2. The highest BCUT2D eigenvalue weighted by Gasteiger charge is 2.19. The Balaban J connectivity index is 1.48. The number of primary amides is 1. The lowest BCUT2D eigenvalue weighted by molar-refractivity contribution is -0.115. The lowest BCUT2D eigenvalue weighted by atomic mass is 10.1. The summed E-state index contributed by atoms with van der Waals surface area (Å²) in [5.41, 5.74) is 7.18. The Kier molecular flexibility index (Phi) is 9.85. The molecule has 0 aliphatic rings. The molecule has 0 saturated carbocycles. The summed E-state index contributed by atoms with van der Waals surface area (Å²) in [7, 11) is 0. The molecule has 0 saturated heterocycles. The van der Waals surface area contributed by atoms with E-state index >= 15 is 0 Å². The van der Waals surface area contributed by atoms with Crippen LogP contribution in [0.5, 0.6) is 0 Å². The standard InChI is InChI=1S/C32H27FN4O4S/c1-20(30(39)36-27-13-6-5-12-26(27)29(34)38)42-25-11-7-10-24(19-25)35-32(41)28(18-21-14-16-23(33)17-15-21)37-31(40)22-8-3-2-4-9-22/h2-20H,1H3,(H2,34,38)(H,35,41)(H,36,39)(H,37,40)/b28-18+. The van der Waals surface area contributed by atoms with Gasteiger partial charge in [-0.25, -0.2) is 4.39 Å². The molecule has 4 rings (SSSR count). The second-order valence-corrected chi connectivity index (χ2v) is 10.5. The molecule has 8 nitrogen and oxygen atoms in total. The Labute approximate surface area is 246 Å². The van der Waals surface area contributed by atoms with Gasteiger partial charge in [-0.2, -0.15) is 0 Å². The van der Waals surface area contributed by atoms with Crippen LogP contribution in [0.25, 0.3) is 6.08 Å². The first kappa shape index (κ1) is 29.8. The molecule has 4 aromatic rings. The number of carbonyl (C=O) groups is 4. The van der Waals surface area contributed by atoms with Gasteiger partial charge in [-0.1, -0.05) is 48.5 Å². The summed E-state index contributed by atoms with van der Waals surface area (Å²) in [6.07, 6.45) is 1.45. The van der Waals surface area contributed by atoms with E-state index in [9.17, 15) is 23.6 Å². The Bertz CT molecular complexity index is 1640. The van der Waals surface area contributed by atoms with Crippen LogP contribution >= 0.6 is 11.8 Å². The highest BCUT2D eigenvalue weighted by molar-refractivity contribution is 8.00. The zero-order chi connectivity index (χ0) is 30.1. The van der Waals surface area contributed by atoms with Crippen molar-refractivity contribution in [1.29, 1.82) is 0 Å². The van der Waals surface area contributed by atoms with E-state index < -0.39 is 28.8 Å². The number of anilines is 2. The van der Waals surface area contributed by atoms with E-state index in [4.69, 9.17) is 5.73 Å². The fourth-order valence-electron chi connectivity index (χ4n) is 3.81. The third-order valence-corrected chi connectivity index (χ3v) is 7.03. The van der Waals surface area contributed by atoms with E-state index in [1.54, 1.807) is 79.7 Å². The first-order valence-electron chi connectivity index (χ1n) is 12.8. The zero-order valence-corrected chi connectivity index (χ0v) is 23.3. The van der Waals surface area contributed by atoms with Gasteiger partial charge in [0.1, 0.15) is 11.5 Å². The van der Waals surface area contributed by atoms with Crippen LogP contribution in [0.15, 0.2) is 114 Å². The maximum atomic E-state index is 13.4. The second kappa shape index (κ2) is 13.9. The van der Waals surface area contributed by atoms with Crippen LogP contribution < -0.4 is 21.7 Å². The summed E-state index contributed by atoms with van der Waals surface area (Å²) in [5, 5.41) is 7.58. The van der Waals surface area contributed by atoms with Crippen molar-refractivity contribution < 1.29 is 23.6 Å². The first-order valence-corrected chi connectivity index (χ1v) is 13.7. The molecule has 42 heavy (non-hydrogen) atoms. The lowest BCUT2D eigenvalue weighted by Crippen LogP contribution is -2.30. The second-order valence-electron chi connectivity index (χ2n) is 9.07. The van der Waals surface area contributed by atoms with Gasteiger partial charge >= 0.3 is 0 Å². The van der Waals surface area contributed by atoms with Crippen LogP contribution in [0.1, 0.15) is 33.2 Å². The maximum Gasteiger partial charge on any atom is 0.272 e. The number of carbonyl (C=O) groups excluding carboxylic acids is 4. The molecule has 212 valence electrons. The molecule has 1 atom stereocenters. The number of thioether (sulfide) groups is 1. The van der Waals surface area contributed by atoms with Crippen molar-refractivity contribution in [2.45, 2.75) is 17.1 Å². The molecule has 1 unspecified atom stereocenters. The summed E-state index contributed by atoms with van der Waals surface area (Å²) >= 11 is 1.25. The lowest BCUT2D eigenvalue weighted by Gasteiger charge is -2.15. The van der Waals surface area contributed by atoms with Crippen molar-refractivity contribution in [3.8, 4) is 0 Å². The molecule has 5 N–H and O–H groups in total. The van der Waals surface area contributed by atoms with E-state index in [1.165, 1.54) is 48.2 Å². The number of nitrogens with one attached hydrogen (secondary N) is 3. The Morgan fingerprint density at radius 2 is 1.52 bits per heavy atom. The van der Waals surface area contributed by atoms with Crippen molar-refractivity contribution in [3.63, 3.8) is 0 Å². The van der Waals surface area contributed by atoms with E-state index in [0.717, 1.165) is 0 Å². The fraction of sp³-hybridized carbons (Fsp3) is 0.0625. The molecule has 10 heteroatoms. The smallest absolute Gasteiger partial charge is 0.272 e. The van der Waals surface area contributed by atoms with Gasteiger partial charge in [0, 0.05) is 16.1 Å². The van der Waals surface area contributed by atoms with Crippen molar-refractivity contribution in [1.82, 2.24) is 5.32 Å². The predicted molar refractivity (Wildman–Crippen MR) is 162 cm³/mol. The molecule has 0 aromatic heterocycles. The summed E-state index contributed by atoms with van der Waals surface area (Å²) < 4.78 is 13.4. The normalized spacial score (nSPS) is 11.7. The molecule has 0 aliphatic carbocycles. The van der Waals surface area contributed by atoms with Crippen LogP contribution in [-0.4, -0.2) is 28.9 Å². The highest BCUT2D eigenvalue weighted by Crippen LogP contribution is 2.27. The molecule has 0 radical (unpaired) electrons. The summed E-state index contributed by atoms with van der Waals surface area (Å²) in [4.78, 5) is 51.3. The molecular formula is C32H27FN4O4S. The Morgan fingerprint density at radius 3 is 2.24 bits per heavy atom. The minimum atomic E-state index is -0.651. The number of para-hydroxylation sites is 1. The summed E-state index contributed by atoms with van der Waals surface area (Å²) in [6.45, 7) is 1.71. The van der Waals surface area contributed by atoms with Crippen LogP contribution in [-0.2, 0) is 9.59 Å². The molecule has 4 amide bonds. The number of halogens is 1. The Hall–Kier alpha value is -5.22. The third kappa shape index (κ3) is 8.15. The quantitative estimate of drug-likeness (QED) is 0.146. The minimum absolute atomic E-state index is 0.0469. The number of rotatable bonds is 10. The number of amides is 4. The van der Waals surface area contributed by atoms with Crippen molar-refractivity contribution in [2.75, 3.05) is 10.6 Å². The van der Waals surface area contributed by atoms with Gasteiger partial charge in [0.15, 0.2) is 0 Å². The SMILES string of the molecule is CC(Sc1cccc(NC(=O)/C(=C\c2ccc(F)cc2)NC(=O)c2ccccc2)c1)C(=O)Nc1ccccc1C(N)=O. The summed E-state index contributed by atoms with van der Waals surface area (Å²) in [6, 6.07) is 27.2. The Morgan fingerprint density at radius 1 is 0.833 bits per heavy atom. The van der Waals surface area contributed by atoms with Crippen molar-refractivity contribution >= 4 is 52.8 Å². The van der Waals surface area contributed by atoms with Gasteiger partial charge in [0.2, 0.25) is 5.91 Å². The van der Waals surface area contributed by atoms with Crippen molar-refractivity contribution in [3.05, 3.63) is 131 Å². The van der Waals surface area contributed by atoms with Crippen LogP contribution in [0.2, 0.25) is 0 Å². The van der Waals surface area contributed by atoms with Gasteiger partial charge in [0.25, 0.3) is 17.7 Å². The van der Waals surface area contributed by atoms with Crippen LogP contribution in [0.3, 0.4) is 0 Å². The molecule has 0 spiro atoms. The van der Waals surface area contributed by atoms with E-state index in [0.29, 0.717) is 27.4 Å².